The molecule has 1 heterocycles. The highest BCUT2D eigenvalue weighted by Gasteiger charge is 2.29. The number of halogens is 1. The Morgan fingerprint density at radius 3 is 2.42 bits per heavy atom. The van der Waals surface area contributed by atoms with Crippen molar-refractivity contribution in [2.45, 2.75) is 44.6 Å². The van der Waals surface area contributed by atoms with Gasteiger partial charge in [0.15, 0.2) is 0 Å². The van der Waals surface area contributed by atoms with Gasteiger partial charge in [-0.15, -0.1) is 0 Å². The zero-order valence-electron chi connectivity index (χ0n) is 14.9. The molecule has 1 amide bonds. The zero-order valence-corrected chi connectivity index (χ0v) is 16.4. The summed E-state index contributed by atoms with van der Waals surface area (Å²) in [7, 11) is -3.47. The van der Waals surface area contributed by atoms with Crippen LogP contribution in [-0.4, -0.2) is 55.8 Å². The number of rotatable bonds is 5. The molecule has 1 aliphatic heterocycles. The number of carbonyl (C=O) groups excluding carboxylic acids is 1. The summed E-state index contributed by atoms with van der Waals surface area (Å²) < 4.78 is 29.5. The number of hydrogen-bond acceptors (Lipinski definition) is 3. The van der Waals surface area contributed by atoms with Crippen LogP contribution in [0.15, 0.2) is 24.3 Å². The summed E-state index contributed by atoms with van der Waals surface area (Å²) in [5.74, 6) is 0.0234. The van der Waals surface area contributed by atoms with Crippen molar-refractivity contribution >= 4 is 27.7 Å². The van der Waals surface area contributed by atoms with E-state index in [1.54, 1.807) is 17.0 Å². The molecule has 0 spiro atoms. The van der Waals surface area contributed by atoms with E-state index in [2.05, 4.69) is 4.72 Å². The predicted octanol–water partition coefficient (Wildman–Crippen LogP) is 2.19. The van der Waals surface area contributed by atoms with Gasteiger partial charge in [0, 0.05) is 37.2 Å². The molecule has 1 aliphatic carbocycles. The molecule has 144 valence electrons. The lowest BCUT2D eigenvalue weighted by Gasteiger charge is -2.23. The lowest BCUT2D eigenvalue weighted by Crippen LogP contribution is -2.46. The fourth-order valence-corrected chi connectivity index (χ4v) is 5.22. The molecular weight excluding hydrogens is 374 g/mol. The van der Waals surface area contributed by atoms with Crippen molar-refractivity contribution in [3.63, 3.8) is 0 Å². The minimum Gasteiger partial charge on any atom is -0.341 e. The first-order chi connectivity index (χ1) is 12.4. The van der Waals surface area contributed by atoms with Gasteiger partial charge in [0.25, 0.3) is 10.2 Å². The first-order valence-electron chi connectivity index (χ1n) is 9.24. The van der Waals surface area contributed by atoms with Crippen molar-refractivity contribution < 1.29 is 13.2 Å². The van der Waals surface area contributed by atoms with Crippen molar-refractivity contribution in [3.05, 3.63) is 34.9 Å². The fourth-order valence-electron chi connectivity index (χ4n) is 3.60. The smallest absolute Gasteiger partial charge is 0.279 e. The predicted molar refractivity (Wildman–Crippen MR) is 102 cm³/mol. The van der Waals surface area contributed by atoms with E-state index >= 15 is 0 Å². The van der Waals surface area contributed by atoms with Crippen LogP contribution in [0.4, 0.5) is 0 Å². The van der Waals surface area contributed by atoms with Crippen LogP contribution in [0.25, 0.3) is 0 Å². The molecule has 2 aliphatic rings. The number of hydrogen-bond donors (Lipinski definition) is 1. The third-order valence-electron chi connectivity index (χ3n) is 5.09. The van der Waals surface area contributed by atoms with Gasteiger partial charge in [-0.1, -0.05) is 36.6 Å². The minimum atomic E-state index is -3.47. The Morgan fingerprint density at radius 2 is 1.73 bits per heavy atom. The largest absolute Gasteiger partial charge is 0.341 e. The van der Waals surface area contributed by atoms with Crippen LogP contribution in [-0.2, 0) is 21.4 Å². The first kappa shape index (κ1) is 19.6. The van der Waals surface area contributed by atoms with Crippen molar-refractivity contribution in [1.29, 1.82) is 0 Å². The Kier molecular flexibility index (Phi) is 6.55. The van der Waals surface area contributed by atoms with Crippen LogP contribution >= 0.6 is 11.6 Å². The number of nitrogens with zero attached hydrogens (tertiary/aromatic N) is 2. The van der Waals surface area contributed by atoms with Gasteiger partial charge in [0.05, 0.1) is 6.42 Å². The molecule has 0 atom stereocenters. The number of nitrogens with one attached hydrogen (secondary N) is 1. The topological polar surface area (TPSA) is 69.7 Å². The highest BCUT2D eigenvalue weighted by atomic mass is 35.5. The maximum Gasteiger partial charge on any atom is 0.279 e. The van der Waals surface area contributed by atoms with E-state index in [4.69, 9.17) is 11.6 Å². The summed E-state index contributed by atoms with van der Waals surface area (Å²) in [6, 6.07) is 7.30. The second-order valence-corrected chi connectivity index (χ2v) is 9.18. The average molecular weight is 400 g/mol. The van der Waals surface area contributed by atoms with Gasteiger partial charge in [-0.25, -0.2) is 0 Å². The van der Waals surface area contributed by atoms with E-state index in [0.29, 0.717) is 44.0 Å². The molecule has 0 aromatic heterocycles. The molecule has 0 unspecified atom stereocenters. The molecule has 0 radical (unpaired) electrons. The molecule has 1 aromatic rings. The quantitative estimate of drug-likeness (QED) is 0.825. The van der Waals surface area contributed by atoms with Crippen LogP contribution in [0.3, 0.4) is 0 Å². The van der Waals surface area contributed by atoms with Gasteiger partial charge in [0.2, 0.25) is 5.91 Å². The SMILES string of the molecule is O=C(Cc1ccc(Cl)cc1)N1CCCN(S(=O)(=O)NC2CCCC2)CC1. The summed E-state index contributed by atoms with van der Waals surface area (Å²) >= 11 is 5.87. The Balaban J connectivity index is 1.55. The van der Waals surface area contributed by atoms with Crippen molar-refractivity contribution in [3.8, 4) is 0 Å². The van der Waals surface area contributed by atoms with Crippen LogP contribution in [0.2, 0.25) is 5.02 Å². The Morgan fingerprint density at radius 1 is 1.04 bits per heavy atom. The van der Waals surface area contributed by atoms with E-state index in [9.17, 15) is 13.2 Å². The molecule has 6 nitrogen and oxygen atoms in total. The summed E-state index contributed by atoms with van der Waals surface area (Å²) in [6.45, 7) is 1.81. The molecule has 26 heavy (non-hydrogen) atoms. The molecule has 1 N–H and O–H groups in total. The second-order valence-electron chi connectivity index (χ2n) is 7.04. The van der Waals surface area contributed by atoms with Crippen LogP contribution in [0, 0.1) is 0 Å². The van der Waals surface area contributed by atoms with Crippen LogP contribution in [0.5, 0.6) is 0 Å². The molecule has 1 saturated carbocycles. The van der Waals surface area contributed by atoms with Crippen molar-refractivity contribution in [2.75, 3.05) is 26.2 Å². The van der Waals surface area contributed by atoms with Crippen LogP contribution < -0.4 is 4.72 Å². The monoisotopic (exact) mass is 399 g/mol. The third-order valence-corrected chi connectivity index (χ3v) is 7.02. The molecule has 1 saturated heterocycles. The number of benzene rings is 1. The molecule has 1 aromatic carbocycles. The van der Waals surface area contributed by atoms with E-state index in [-0.39, 0.29) is 11.9 Å². The van der Waals surface area contributed by atoms with E-state index in [1.807, 2.05) is 12.1 Å². The molecule has 3 rings (SSSR count). The minimum absolute atomic E-state index is 0.0234. The van der Waals surface area contributed by atoms with E-state index in [0.717, 1.165) is 31.2 Å². The highest BCUT2D eigenvalue weighted by molar-refractivity contribution is 7.87. The standard InChI is InChI=1S/C18H26ClN3O3S/c19-16-8-6-15(7-9-16)14-18(23)21-10-3-11-22(13-12-21)26(24,25)20-17-4-1-2-5-17/h6-9,17,20H,1-5,10-14H2. The van der Waals surface area contributed by atoms with E-state index in [1.165, 1.54) is 4.31 Å². The first-order valence-corrected chi connectivity index (χ1v) is 11.1. The fraction of sp³-hybridized carbons (Fsp3) is 0.611. The lowest BCUT2D eigenvalue weighted by molar-refractivity contribution is -0.130. The lowest BCUT2D eigenvalue weighted by atomic mass is 10.1. The molecule has 8 heteroatoms. The molecular formula is C18H26ClN3O3S. The highest BCUT2D eigenvalue weighted by Crippen LogP contribution is 2.19. The maximum absolute atomic E-state index is 12.6. The van der Waals surface area contributed by atoms with Crippen molar-refractivity contribution in [1.82, 2.24) is 13.9 Å². The van der Waals surface area contributed by atoms with Crippen LogP contribution in [0.1, 0.15) is 37.7 Å². The molecule has 2 fully saturated rings. The summed E-state index contributed by atoms with van der Waals surface area (Å²) in [5.41, 5.74) is 0.913. The van der Waals surface area contributed by atoms with Gasteiger partial charge < -0.3 is 4.90 Å². The van der Waals surface area contributed by atoms with Gasteiger partial charge in [-0.3, -0.25) is 4.79 Å². The van der Waals surface area contributed by atoms with Gasteiger partial charge >= 0.3 is 0 Å². The summed E-state index contributed by atoms with van der Waals surface area (Å²) in [4.78, 5) is 14.3. The normalized spacial score (nSPS) is 20.3. The van der Waals surface area contributed by atoms with Gasteiger partial charge in [-0.2, -0.15) is 17.4 Å². The zero-order chi connectivity index (χ0) is 18.6. The number of amides is 1. The Labute approximate surface area is 160 Å². The van der Waals surface area contributed by atoms with Gasteiger partial charge in [-0.05, 0) is 37.0 Å². The van der Waals surface area contributed by atoms with Crippen molar-refractivity contribution in [2.24, 2.45) is 0 Å². The summed E-state index contributed by atoms with van der Waals surface area (Å²) in [6.07, 6.45) is 4.96. The second kappa shape index (κ2) is 8.69. The Hall–Kier alpha value is -1.15. The Bertz CT molecular complexity index is 718. The average Bonchev–Trinajstić information content (AvgIpc) is 2.96. The maximum atomic E-state index is 12.6. The number of carbonyl (C=O) groups is 1. The summed E-state index contributed by atoms with van der Waals surface area (Å²) in [5, 5.41) is 0.645. The van der Waals surface area contributed by atoms with Gasteiger partial charge in [0.1, 0.15) is 0 Å². The van der Waals surface area contributed by atoms with E-state index < -0.39 is 10.2 Å². The third kappa shape index (κ3) is 5.19. The molecule has 0 bridgehead atoms.